The zero-order valence-corrected chi connectivity index (χ0v) is 16.5. The van der Waals surface area contributed by atoms with Gasteiger partial charge in [-0.05, 0) is 31.4 Å². The predicted octanol–water partition coefficient (Wildman–Crippen LogP) is 5.01. The first-order valence-electron chi connectivity index (χ1n) is 8.75. The first-order chi connectivity index (χ1) is 13.1. The summed E-state index contributed by atoms with van der Waals surface area (Å²) in [6.07, 6.45) is -4.22. The Balaban J connectivity index is 2.01. The molecule has 0 aliphatic heterocycles. The lowest BCUT2D eigenvalue weighted by Crippen LogP contribution is -2.22. The first kappa shape index (κ1) is 20.1. The van der Waals surface area contributed by atoms with E-state index in [4.69, 9.17) is 5.73 Å². The number of carbonyl (C=O) groups excluding carboxylic acids is 1. The molecule has 0 atom stereocenters. The van der Waals surface area contributed by atoms with Gasteiger partial charge in [0.2, 0.25) is 0 Å². The fourth-order valence-corrected chi connectivity index (χ4v) is 4.17. The van der Waals surface area contributed by atoms with E-state index in [-0.39, 0.29) is 32.9 Å². The molecular weight excluding hydrogens is 387 g/mol. The highest BCUT2D eigenvalue weighted by Crippen LogP contribution is 2.44. The van der Waals surface area contributed by atoms with Crippen molar-refractivity contribution >= 4 is 33.1 Å². The van der Waals surface area contributed by atoms with Crippen molar-refractivity contribution in [1.29, 1.82) is 0 Å². The van der Waals surface area contributed by atoms with Gasteiger partial charge in [-0.25, -0.2) is 4.98 Å². The standard InChI is InChI=1S/C20H20F3N3OS/c1-4-13-11(3)15(20(21,22)23)14-16(24)17(28-19(14)26-13)18(27)25-9-12-7-5-10(2)6-8-12/h5-8H,4,9,24H2,1-3H3,(H,25,27). The van der Waals surface area contributed by atoms with E-state index in [9.17, 15) is 18.0 Å². The number of nitrogens with one attached hydrogen (secondary N) is 1. The minimum absolute atomic E-state index is 0.0489. The van der Waals surface area contributed by atoms with E-state index in [2.05, 4.69) is 10.3 Å². The fourth-order valence-electron chi connectivity index (χ4n) is 3.13. The zero-order valence-electron chi connectivity index (χ0n) is 15.7. The number of halogens is 3. The highest BCUT2D eigenvalue weighted by Gasteiger charge is 2.38. The number of nitrogen functional groups attached to an aromatic ring is 1. The maximum Gasteiger partial charge on any atom is 0.417 e. The average molecular weight is 407 g/mol. The van der Waals surface area contributed by atoms with Gasteiger partial charge in [-0.1, -0.05) is 36.8 Å². The molecule has 3 aromatic rings. The third-order valence-electron chi connectivity index (χ3n) is 4.62. The summed E-state index contributed by atoms with van der Waals surface area (Å²) in [5.74, 6) is -0.509. The van der Waals surface area contributed by atoms with Gasteiger partial charge in [0.25, 0.3) is 5.91 Å². The summed E-state index contributed by atoms with van der Waals surface area (Å²) in [7, 11) is 0. The van der Waals surface area contributed by atoms with E-state index in [1.807, 2.05) is 31.2 Å². The molecule has 0 aliphatic rings. The molecule has 0 saturated carbocycles. The van der Waals surface area contributed by atoms with Crippen LogP contribution in [0.3, 0.4) is 0 Å². The smallest absolute Gasteiger partial charge is 0.397 e. The summed E-state index contributed by atoms with van der Waals surface area (Å²) in [6.45, 7) is 5.35. The molecule has 0 bridgehead atoms. The molecule has 0 spiro atoms. The van der Waals surface area contributed by atoms with Crippen LogP contribution in [0.5, 0.6) is 0 Å². The molecule has 3 N–H and O–H groups in total. The van der Waals surface area contributed by atoms with Crippen LogP contribution >= 0.6 is 11.3 Å². The number of thiophene rings is 1. The van der Waals surface area contributed by atoms with Crippen LogP contribution in [-0.2, 0) is 19.1 Å². The number of benzene rings is 1. The molecule has 3 rings (SSSR count). The monoisotopic (exact) mass is 407 g/mol. The normalized spacial score (nSPS) is 11.8. The van der Waals surface area contributed by atoms with Gasteiger partial charge in [0.05, 0.1) is 11.3 Å². The van der Waals surface area contributed by atoms with Gasteiger partial charge >= 0.3 is 6.18 Å². The topological polar surface area (TPSA) is 68.0 Å². The number of pyridine rings is 1. The second-order valence-corrected chi connectivity index (χ2v) is 7.60. The maximum absolute atomic E-state index is 13.7. The number of anilines is 1. The molecule has 0 radical (unpaired) electrons. The molecular formula is C20H20F3N3OS. The minimum atomic E-state index is -4.58. The summed E-state index contributed by atoms with van der Waals surface area (Å²) in [4.78, 5) is 17.1. The number of fused-ring (bicyclic) bond motifs is 1. The second kappa shape index (κ2) is 7.43. The van der Waals surface area contributed by atoms with Crippen molar-refractivity contribution in [2.45, 2.75) is 39.9 Å². The van der Waals surface area contributed by atoms with Gasteiger partial charge in [-0.3, -0.25) is 4.79 Å². The summed E-state index contributed by atoms with van der Waals surface area (Å²) in [5, 5.41) is 2.53. The molecule has 4 nitrogen and oxygen atoms in total. The molecule has 2 aromatic heterocycles. The number of carbonyl (C=O) groups is 1. The van der Waals surface area contributed by atoms with Gasteiger partial charge in [0, 0.05) is 17.6 Å². The number of aryl methyl sites for hydroxylation is 2. The highest BCUT2D eigenvalue weighted by atomic mass is 32.1. The third kappa shape index (κ3) is 3.69. The van der Waals surface area contributed by atoms with Crippen molar-refractivity contribution in [2.75, 3.05) is 5.73 Å². The number of aromatic nitrogens is 1. The van der Waals surface area contributed by atoms with Crippen LogP contribution in [0.25, 0.3) is 10.2 Å². The minimum Gasteiger partial charge on any atom is -0.397 e. The van der Waals surface area contributed by atoms with E-state index in [0.29, 0.717) is 12.1 Å². The lowest BCUT2D eigenvalue weighted by atomic mass is 10.0. The van der Waals surface area contributed by atoms with Crippen molar-refractivity contribution < 1.29 is 18.0 Å². The maximum atomic E-state index is 13.7. The van der Waals surface area contributed by atoms with Crippen LogP contribution in [-0.4, -0.2) is 10.9 Å². The number of nitrogens with two attached hydrogens (primary N) is 1. The van der Waals surface area contributed by atoms with Crippen LogP contribution in [0.15, 0.2) is 24.3 Å². The summed E-state index contributed by atoms with van der Waals surface area (Å²) < 4.78 is 41.1. The molecule has 1 aromatic carbocycles. The fraction of sp³-hybridized carbons (Fsp3) is 0.300. The van der Waals surface area contributed by atoms with Gasteiger partial charge in [-0.15, -0.1) is 11.3 Å². The molecule has 0 aliphatic carbocycles. The largest absolute Gasteiger partial charge is 0.417 e. The number of amides is 1. The van der Waals surface area contributed by atoms with E-state index in [0.717, 1.165) is 22.5 Å². The molecule has 148 valence electrons. The Morgan fingerprint density at radius 1 is 1.21 bits per heavy atom. The van der Waals surface area contributed by atoms with Gasteiger partial charge in [0.1, 0.15) is 9.71 Å². The number of alkyl halides is 3. The number of hydrogen-bond acceptors (Lipinski definition) is 4. The zero-order chi connectivity index (χ0) is 20.6. The summed E-state index contributed by atoms with van der Waals surface area (Å²) >= 11 is 0.890. The molecule has 0 fully saturated rings. The van der Waals surface area contributed by atoms with E-state index < -0.39 is 17.6 Å². The van der Waals surface area contributed by atoms with Crippen LogP contribution in [0.2, 0.25) is 0 Å². The lowest BCUT2D eigenvalue weighted by Gasteiger charge is -2.14. The van der Waals surface area contributed by atoms with Crippen molar-refractivity contribution in [3.63, 3.8) is 0 Å². The molecule has 0 saturated heterocycles. The Morgan fingerprint density at radius 2 is 1.86 bits per heavy atom. The molecule has 1 amide bonds. The Morgan fingerprint density at radius 3 is 2.43 bits per heavy atom. The number of nitrogens with zero attached hydrogens (tertiary/aromatic N) is 1. The Bertz CT molecular complexity index is 1040. The highest BCUT2D eigenvalue weighted by molar-refractivity contribution is 7.21. The van der Waals surface area contributed by atoms with Crippen molar-refractivity contribution in [3.8, 4) is 0 Å². The molecule has 2 heterocycles. The van der Waals surface area contributed by atoms with Gasteiger partial charge < -0.3 is 11.1 Å². The second-order valence-electron chi connectivity index (χ2n) is 6.60. The quantitative estimate of drug-likeness (QED) is 0.639. The predicted molar refractivity (Wildman–Crippen MR) is 105 cm³/mol. The SMILES string of the molecule is CCc1nc2sc(C(=O)NCc3ccc(C)cc3)c(N)c2c(C(F)(F)F)c1C. The van der Waals surface area contributed by atoms with E-state index >= 15 is 0 Å². The third-order valence-corrected chi connectivity index (χ3v) is 5.72. The molecule has 28 heavy (non-hydrogen) atoms. The number of hydrogen-bond donors (Lipinski definition) is 2. The first-order valence-corrected chi connectivity index (χ1v) is 9.57. The van der Waals surface area contributed by atoms with Crippen molar-refractivity contribution in [2.24, 2.45) is 0 Å². The van der Waals surface area contributed by atoms with Crippen LogP contribution in [0.4, 0.5) is 18.9 Å². The van der Waals surface area contributed by atoms with E-state index in [1.54, 1.807) is 6.92 Å². The summed E-state index contributed by atoms with van der Waals surface area (Å²) in [5.41, 5.74) is 7.41. The van der Waals surface area contributed by atoms with E-state index in [1.165, 1.54) is 6.92 Å². The van der Waals surface area contributed by atoms with Crippen molar-refractivity contribution in [1.82, 2.24) is 10.3 Å². The number of rotatable bonds is 4. The molecule has 8 heteroatoms. The Kier molecular flexibility index (Phi) is 5.34. The van der Waals surface area contributed by atoms with Gasteiger partial charge in [-0.2, -0.15) is 13.2 Å². The lowest BCUT2D eigenvalue weighted by molar-refractivity contribution is -0.136. The average Bonchev–Trinajstić information content (AvgIpc) is 2.95. The Labute approximate surface area is 164 Å². The summed E-state index contributed by atoms with van der Waals surface area (Å²) in [6, 6.07) is 7.60. The van der Waals surface area contributed by atoms with Crippen LogP contribution in [0.1, 0.15) is 44.5 Å². The molecule has 0 unspecified atom stereocenters. The van der Waals surface area contributed by atoms with Gasteiger partial charge in [0.15, 0.2) is 0 Å². The van der Waals surface area contributed by atoms with Crippen molar-refractivity contribution in [3.05, 3.63) is 57.1 Å². The van der Waals surface area contributed by atoms with Crippen LogP contribution in [0, 0.1) is 13.8 Å². The van der Waals surface area contributed by atoms with Crippen LogP contribution < -0.4 is 11.1 Å². The Hall–Kier alpha value is -2.61.